The fraction of sp³-hybridized carbons (Fsp3) is 0.174. The molecule has 0 saturated heterocycles. The van der Waals surface area contributed by atoms with Crippen LogP contribution in [0.15, 0.2) is 158 Å². The third-order valence-corrected chi connectivity index (χ3v) is 10.7. The maximum atomic E-state index is 16.0. The van der Waals surface area contributed by atoms with Crippen LogP contribution < -0.4 is 9.80 Å². The smallest absolute Gasteiger partial charge is 0.239 e. The van der Waals surface area contributed by atoms with Crippen LogP contribution >= 0.6 is 0 Å². The first-order chi connectivity index (χ1) is 24.4. The first kappa shape index (κ1) is 31.5. The SMILES string of the molecule is Cc1ccc2c(c1)C(Cc1ccccc1)(C1(Cc3ccccc3)C(=O)N(Cc3ccccc3)c3ccc(C)cc31)C(=O)N2Cc1ccccc1. The fourth-order valence-electron chi connectivity index (χ4n) is 8.48. The first-order valence-electron chi connectivity index (χ1n) is 17.4. The van der Waals surface area contributed by atoms with Crippen LogP contribution in [0.3, 0.4) is 0 Å². The van der Waals surface area contributed by atoms with Crippen molar-refractivity contribution in [3.63, 3.8) is 0 Å². The zero-order valence-electron chi connectivity index (χ0n) is 28.6. The maximum absolute atomic E-state index is 16.0. The Kier molecular flexibility index (Phi) is 7.95. The van der Waals surface area contributed by atoms with Crippen molar-refractivity contribution in [3.05, 3.63) is 202 Å². The van der Waals surface area contributed by atoms with Gasteiger partial charge in [0.05, 0.1) is 23.9 Å². The van der Waals surface area contributed by atoms with Crippen LogP contribution in [-0.4, -0.2) is 11.8 Å². The van der Waals surface area contributed by atoms with Gasteiger partial charge in [0.2, 0.25) is 11.8 Å². The number of carbonyl (C=O) groups is 2. The zero-order chi connectivity index (χ0) is 34.3. The average molecular weight is 653 g/mol. The number of fused-ring (bicyclic) bond motifs is 2. The number of amides is 2. The number of anilines is 2. The largest absolute Gasteiger partial charge is 0.307 e. The van der Waals surface area contributed by atoms with E-state index in [1.54, 1.807) is 0 Å². The highest BCUT2D eigenvalue weighted by Gasteiger charge is 2.70. The van der Waals surface area contributed by atoms with Crippen molar-refractivity contribution in [1.82, 2.24) is 0 Å². The first-order valence-corrected chi connectivity index (χ1v) is 17.4. The van der Waals surface area contributed by atoms with E-state index in [0.29, 0.717) is 25.9 Å². The topological polar surface area (TPSA) is 40.6 Å². The molecule has 246 valence electrons. The predicted molar refractivity (Wildman–Crippen MR) is 201 cm³/mol. The van der Waals surface area contributed by atoms with Gasteiger partial charge in [-0.05, 0) is 72.2 Å². The molecule has 6 aromatic carbocycles. The lowest BCUT2D eigenvalue weighted by atomic mass is 9.53. The van der Waals surface area contributed by atoms with Crippen LogP contribution in [0, 0.1) is 13.8 Å². The Morgan fingerprint density at radius 1 is 0.420 bits per heavy atom. The molecular weight excluding hydrogens is 613 g/mol. The van der Waals surface area contributed by atoms with Crippen molar-refractivity contribution in [1.29, 1.82) is 0 Å². The number of hydrogen-bond donors (Lipinski definition) is 0. The molecule has 2 atom stereocenters. The summed E-state index contributed by atoms with van der Waals surface area (Å²) in [6.45, 7) is 4.99. The highest BCUT2D eigenvalue weighted by atomic mass is 16.2. The Balaban J connectivity index is 1.46. The van der Waals surface area contributed by atoms with Crippen molar-refractivity contribution < 1.29 is 9.59 Å². The quantitative estimate of drug-likeness (QED) is 0.156. The Hall–Kier alpha value is -5.74. The van der Waals surface area contributed by atoms with Gasteiger partial charge < -0.3 is 9.80 Å². The van der Waals surface area contributed by atoms with E-state index in [-0.39, 0.29) is 11.8 Å². The summed E-state index contributed by atoms with van der Waals surface area (Å²) in [6.07, 6.45) is 0.749. The average Bonchev–Trinajstić information content (AvgIpc) is 3.50. The predicted octanol–water partition coefficient (Wildman–Crippen LogP) is 9.06. The molecule has 0 spiro atoms. The molecule has 0 bridgehead atoms. The summed E-state index contributed by atoms with van der Waals surface area (Å²) in [7, 11) is 0. The number of nitrogens with zero attached hydrogens (tertiary/aromatic N) is 2. The summed E-state index contributed by atoms with van der Waals surface area (Å²) in [5, 5.41) is 0. The lowest BCUT2D eigenvalue weighted by molar-refractivity contribution is -0.135. The van der Waals surface area contributed by atoms with Crippen LogP contribution in [0.4, 0.5) is 11.4 Å². The number of hydrogen-bond acceptors (Lipinski definition) is 2. The van der Waals surface area contributed by atoms with E-state index in [4.69, 9.17) is 0 Å². The summed E-state index contributed by atoms with van der Waals surface area (Å²) < 4.78 is 0. The van der Waals surface area contributed by atoms with Crippen LogP contribution in [0.25, 0.3) is 0 Å². The van der Waals surface area contributed by atoms with Gasteiger partial charge in [0.25, 0.3) is 0 Å². The summed E-state index contributed by atoms with van der Waals surface area (Å²) in [4.78, 5) is 36.0. The summed E-state index contributed by atoms with van der Waals surface area (Å²) in [5.41, 5.74) is 7.30. The van der Waals surface area contributed by atoms with E-state index in [1.165, 1.54) is 0 Å². The minimum atomic E-state index is -1.26. The van der Waals surface area contributed by atoms with Gasteiger partial charge in [0.15, 0.2) is 0 Å². The second-order valence-corrected chi connectivity index (χ2v) is 13.9. The Bertz CT molecular complexity index is 2020. The molecule has 0 radical (unpaired) electrons. The number of rotatable bonds is 9. The molecule has 0 saturated carbocycles. The summed E-state index contributed by atoms with van der Waals surface area (Å²) in [5.74, 6) is -0.0757. The van der Waals surface area contributed by atoms with Gasteiger partial charge in [0, 0.05) is 11.4 Å². The van der Waals surface area contributed by atoms with Crippen LogP contribution in [0.2, 0.25) is 0 Å². The molecule has 2 amide bonds. The summed E-state index contributed by atoms with van der Waals surface area (Å²) in [6, 6.07) is 53.6. The molecule has 4 nitrogen and oxygen atoms in total. The van der Waals surface area contributed by atoms with Crippen LogP contribution in [0.1, 0.15) is 44.5 Å². The van der Waals surface area contributed by atoms with E-state index in [9.17, 15) is 0 Å². The maximum Gasteiger partial charge on any atom is 0.239 e. The molecule has 2 heterocycles. The number of aryl methyl sites for hydroxylation is 2. The van der Waals surface area contributed by atoms with Gasteiger partial charge in [0.1, 0.15) is 0 Å². The normalized spacial score (nSPS) is 19.5. The monoisotopic (exact) mass is 652 g/mol. The second kappa shape index (κ2) is 12.6. The van der Waals surface area contributed by atoms with Crippen molar-refractivity contribution >= 4 is 23.2 Å². The van der Waals surface area contributed by atoms with E-state index in [0.717, 1.165) is 55.9 Å². The Morgan fingerprint density at radius 2 is 0.740 bits per heavy atom. The van der Waals surface area contributed by atoms with Gasteiger partial charge in [-0.3, -0.25) is 9.59 Å². The van der Waals surface area contributed by atoms with E-state index < -0.39 is 10.8 Å². The van der Waals surface area contributed by atoms with Crippen molar-refractivity contribution in [2.75, 3.05) is 9.80 Å². The molecule has 8 rings (SSSR count). The third-order valence-electron chi connectivity index (χ3n) is 10.7. The van der Waals surface area contributed by atoms with E-state index >= 15 is 9.59 Å². The fourth-order valence-corrected chi connectivity index (χ4v) is 8.48. The molecule has 0 fully saturated rings. The minimum absolute atomic E-state index is 0.0379. The van der Waals surface area contributed by atoms with Crippen molar-refractivity contribution in [2.45, 2.75) is 50.6 Å². The minimum Gasteiger partial charge on any atom is -0.307 e. The van der Waals surface area contributed by atoms with Crippen molar-refractivity contribution in [3.8, 4) is 0 Å². The van der Waals surface area contributed by atoms with Crippen LogP contribution in [0.5, 0.6) is 0 Å². The molecule has 4 heteroatoms. The van der Waals surface area contributed by atoms with Crippen molar-refractivity contribution in [2.24, 2.45) is 0 Å². The molecular formula is C46H40N2O2. The highest BCUT2D eigenvalue weighted by molar-refractivity contribution is 6.19. The zero-order valence-corrected chi connectivity index (χ0v) is 28.6. The molecule has 6 aromatic rings. The highest BCUT2D eigenvalue weighted by Crippen LogP contribution is 2.61. The number of benzene rings is 6. The lowest BCUT2D eigenvalue weighted by Crippen LogP contribution is -2.62. The van der Waals surface area contributed by atoms with Gasteiger partial charge in [-0.15, -0.1) is 0 Å². The molecule has 50 heavy (non-hydrogen) atoms. The van der Waals surface area contributed by atoms with E-state index in [2.05, 4.69) is 98.8 Å². The molecule has 2 aliphatic rings. The van der Waals surface area contributed by atoms with Gasteiger partial charge in [-0.1, -0.05) is 157 Å². The molecule has 0 aliphatic carbocycles. The van der Waals surface area contributed by atoms with E-state index in [1.807, 2.05) is 82.6 Å². The molecule has 2 aliphatic heterocycles. The van der Waals surface area contributed by atoms with Gasteiger partial charge in [-0.25, -0.2) is 0 Å². The molecule has 2 unspecified atom stereocenters. The van der Waals surface area contributed by atoms with Gasteiger partial charge in [-0.2, -0.15) is 0 Å². The summed E-state index contributed by atoms with van der Waals surface area (Å²) >= 11 is 0. The number of carbonyl (C=O) groups excluding carboxylic acids is 2. The van der Waals surface area contributed by atoms with Gasteiger partial charge >= 0.3 is 0 Å². The standard InChI is InChI=1S/C46H40N2O2/c1-33-23-25-41-39(27-33)45(29-35-15-7-3-8-16-35,43(49)47(41)31-37-19-11-5-12-20-37)46(30-36-17-9-4-10-18-36)40-28-34(2)24-26-42(40)48(44(46)50)32-38-21-13-6-14-22-38/h3-28H,29-32H2,1-2H3. The lowest BCUT2D eigenvalue weighted by Gasteiger charge is -2.45. The second-order valence-electron chi connectivity index (χ2n) is 13.9. The Labute approximate surface area is 294 Å². The van der Waals surface area contributed by atoms with Crippen LogP contribution in [-0.2, 0) is 46.4 Å². The third kappa shape index (κ3) is 5.06. The molecule has 0 aromatic heterocycles. The Morgan fingerprint density at radius 3 is 1.08 bits per heavy atom. The molecule has 0 N–H and O–H groups in total.